The molecule has 33 heavy (non-hydrogen) atoms. The summed E-state index contributed by atoms with van der Waals surface area (Å²) < 4.78 is 0. The third kappa shape index (κ3) is 14.6. The lowest BCUT2D eigenvalue weighted by Crippen LogP contribution is -2.34. The fourth-order valence-electron chi connectivity index (χ4n) is 4.16. The van der Waals surface area contributed by atoms with Crippen molar-refractivity contribution in [2.24, 2.45) is 0 Å². The Morgan fingerprint density at radius 2 is 0.879 bits per heavy atom. The van der Waals surface area contributed by atoms with Crippen molar-refractivity contribution in [1.29, 1.82) is 0 Å². The van der Waals surface area contributed by atoms with Gasteiger partial charge in [-0.15, -0.1) is 5.12 Å². The third-order valence-corrected chi connectivity index (χ3v) is 6.55. The van der Waals surface area contributed by atoms with Gasteiger partial charge in [0.25, 0.3) is 0 Å². The number of nitrogens with one attached hydrogen (secondary N) is 1. The first-order chi connectivity index (χ1) is 15.9. The fourth-order valence-corrected chi connectivity index (χ4v) is 4.16. The summed E-state index contributed by atoms with van der Waals surface area (Å²) in [5, 5.41) is 4.11. The van der Waals surface area contributed by atoms with Gasteiger partial charge in [0.15, 0.2) is 0 Å². The van der Waals surface area contributed by atoms with Crippen molar-refractivity contribution in [2.45, 2.75) is 144 Å². The van der Waals surface area contributed by atoms with E-state index in [4.69, 9.17) is 0 Å². The van der Waals surface area contributed by atoms with Crippen LogP contribution in [0.15, 0.2) is 12.1 Å². The van der Waals surface area contributed by atoms with E-state index >= 15 is 0 Å². The van der Waals surface area contributed by atoms with Crippen LogP contribution in [0.1, 0.15) is 142 Å². The number of hydrogen-bond acceptors (Lipinski definition) is 3. The molecule has 2 rings (SSSR count). The Labute approximate surface area is 208 Å². The molecule has 1 heterocycles. The van der Waals surface area contributed by atoms with Gasteiger partial charge in [-0.2, -0.15) is 0 Å². The molecule has 3 heteroatoms. The zero-order chi connectivity index (χ0) is 24.9. The van der Waals surface area contributed by atoms with E-state index in [-0.39, 0.29) is 0 Å². The number of aryl methyl sites for hydroxylation is 2. The van der Waals surface area contributed by atoms with Gasteiger partial charge in [-0.3, -0.25) is 10.4 Å². The van der Waals surface area contributed by atoms with Gasteiger partial charge in [-0.25, -0.2) is 0 Å². The van der Waals surface area contributed by atoms with E-state index in [0.29, 0.717) is 0 Å². The van der Waals surface area contributed by atoms with Gasteiger partial charge in [-0.1, -0.05) is 143 Å². The lowest BCUT2D eigenvalue weighted by atomic mass is 10.1. The molecule has 0 aliphatic carbocycles. The molecule has 1 aliphatic heterocycles. The molecule has 0 fully saturated rings. The number of hydrazine groups is 2. The summed E-state index contributed by atoms with van der Waals surface area (Å²) in [7, 11) is 4.07. The summed E-state index contributed by atoms with van der Waals surface area (Å²) in [6.45, 7) is 13.3. The van der Waals surface area contributed by atoms with E-state index in [9.17, 15) is 0 Å². The van der Waals surface area contributed by atoms with E-state index in [2.05, 4.69) is 71.2 Å². The van der Waals surface area contributed by atoms with E-state index in [0.717, 1.165) is 0 Å². The summed E-state index contributed by atoms with van der Waals surface area (Å²) in [6, 6.07) is 4.31. The van der Waals surface area contributed by atoms with Crippen LogP contribution in [-0.2, 0) is 0 Å². The highest BCUT2D eigenvalue weighted by Crippen LogP contribution is 2.37. The van der Waals surface area contributed by atoms with Gasteiger partial charge in [0, 0.05) is 14.1 Å². The van der Waals surface area contributed by atoms with Crippen molar-refractivity contribution in [1.82, 2.24) is 5.12 Å². The number of nitrogens with zero attached hydrogens (tertiary/aromatic N) is 2. The summed E-state index contributed by atoms with van der Waals surface area (Å²) >= 11 is 0. The van der Waals surface area contributed by atoms with Gasteiger partial charge in [0.2, 0.25) is 0 Å². The van der Waals surface area contributed by atoms with Crippen molar-refractivity contribution >= 4 is 11.4 Å². The molecule has 1 aromatic rings. The fraction of sp³-hybridized carbons (Fsp3) is 0.800. The van der Waals surface area contributed by atoms with Crippen LogP contribution in [0.3, 0.4) is 0 Å². The average molecular weight is 462 g/mol. The topological polar surface area (TPSA) is 18.5 Å². The van der Waals surface area contributed by atoms with Gasteiger partial charge < -0.3 is 0 Å². The minimum Gasteiger partial charge on any atom is -0.299 e. The molecule has 1 N–H and O–H groups in total. The van der Waals surface area contributed by atoms with Gasteiger partial charge in [0.05, 0.1) is 11.4 Å². The molecule has 0 amide bonds. The lowest BCUT2D eigenvalue weighted by Gasteiger charge is -2.21. The summed E-state index contributed by atoms with van der Waals surface area (Å²) in [5.41, 5.74) is 8.42. The van der Waals surface area contributed by atoms with Gasteiger partial charge >= 0.3 is 0 Å². The van der Waals surface area contributed by atoms with Crippen LogP contribution >= 0.6 is 0 Å². The van der Waals surface area contributed by atoms with Crippen LogP contribution in [0.2, 0.25) is 0 Å². The molecule has 0 spiro atoms. The molecular weight excluding hydrogens is 402 g/mol. The van der Waals surface area contributed by atoms with Crippen LogP contribution in [0.4, 0.5) is 11.4 Å². The van der Waals surface area contributed by atoms with Crippen LogP contribution < -0.4 is 10.4 Å². The van der Waals surface area contributed by atoms with Crippen LogP contribution in [0.5, 0.6) is 0 Å². The maximum Gasteiger partial charge on any atom is 0.0813 e. The number of unbranched alkanes of at least 4 members (excludes halogenated alkanes) is 14. The molecule has 0 saturated heterocycles. The monoisotopic (exact) mass is 461 g/mol. The molecular formula is C30H59N3. The highest BCUT2D eigenvalue weighted by atomic mass is 15.8. The van der Waals surface area contributed by atoms with Crippen molar-refractivity contribution < 1.29 is 0 Å². The predicted octanol–water partition coefficient (Wildman–Crippen LogP) is 10.2. The molecule has 1 aliphatic rings. The first kappa shape index (κ1) is 31.8. The molecule has 0 unspecified atom stereocenters. The summed E-state index contributed by atoms with van der Waals surface area (Å²) in [6.07, 6.45) is 22.9. The van der Waals surface area contributed by atoms with Gasteiger partial charge in [0.1, 0.15) is 0 Å². The molecule has 194 valence electrons. The highest BCUT2D eigenvalue weighted by molar-refractivity contribution is 5.78. The largest absolute Gasteiger partial charge is 0.299 e. The molecule has 0 radical (unpaired) electrons. The second kappa shape index (κ2) is 21.3. The second-order valence-electron chi connectivity index (χ2n) is 9.82. The van der Waals surface area contributed by atoms with Crippen molar-refractivity contribution in [3.8, 4) is 0 Å². The maximum atomic E-state index is 3.32. The number of rotatable bonds is 14. The van der Waals surface area contributed by atoms with E-state index < -0.39 is 0 Å². The van der Waals surface area contributed by atoms with Crippen LogP contribution in [0, 0.1) is 13.8 Å². The SMILES string of the molecule is CCCCCCCCCC.CCCCCCCCCC.Cc1ccc(C)c2c1NN(C)N2C. The van der Waals surface area contributed by atoms with Crippen molar-refractivity contribution in [3.05, 3.63) is 23.3 Å². The lowest BCUT2D eigenvalue weighted by molar-refractivity contribution is 0.412. The average Bonchev–Trinajstić information content (AvgIpc) is 3.12. The Morgan fingerprint density at radius 3 is 1.21 bits per heavy atom. The Morgan fingerprint density at radius 1 is 0.545 bits per heavy atom. The Balaban J connectivity index is 0.000000474. The Hall–Kier alpha value is -1.22. The number of hydrogen-bond donors (Lipinski definition) is 1. The molecule has 0 aromatic heterocycles. The Bertz CT molecular complexity index is 538. The van der Waals surface area contributed by atoms with E-state index in [1.165, 1.54) is 125 Å². The van der Waals surface area contributed by atoms with Crippen molar-refractivity contribution in [3.63, 3.8) is 0 Å². The number of fused-ring (bicyclic) bond motifs is 1. The zero-order valence-corrected chi connectivity index (χ0v) is 23.9. The first-order valence-electron chi connectivity index (χ1n) is 14.3. The first-order valence-corrected chi connectivity index (χ1v) is 14.3. The summed E-state index contributed by atoms with van der Waals surface area (Å²) in [4.78, 5) is 0. The maximum absolute atomic E-state index is 3.32. The standard InChI is InChI=1S/C10H15N3.2C10H22/c1-7-5-6-8(2)10-9(7)11-13(4)12(10)3;2*1-3-5-7-9-10-8-6-4-2/h5-6,11H,1-4H3;2*3-10H2,1-2H3. The molecule has 1 aromatic carbocycles. The summed E-state index contributed by atoms with van der Waals surface area (Å²) in [5.74, 6) is 0. The minimum atomic E-state index is 1.23. The quantitative estimate of drug-likeness (QED) is 0.278. The second-order valence-corrected chi connectivity index (χ2v) is 9.82. The molecule has 3 nitrogen and oxygen atoms in total. The normalized spacial score (nSPS) is 12.4. The number of anilines is 2. The van der Waals surface area contributed by atoms with E-state index in [1.54, 1.807) is 0 Å². The molecule has 0 saturated carbocycles. The molecule has 0 bridgehead atoms. The van der Waals surface area contributed by atoms with Crippen molar-refractivity contribution in [2.75, 3.05) is 24.5 Å². The van der Waals surface area contributed by atoms with Crippen LogP contribution in [-0.4, -0.2) is 19.2 Å². The highest BCUT2D eigenvalue weighted by Gasteiger charge is 2.23. The third-order valence-electron chi connectivity index (χ3n) is 6.55. The number of benzene rings is 1. The van der Waals surface area contributed by atoms with Gasteiger partial charge in [-0.05, 0) is 25.0 Å². The predicted molar refractivity (Wildman–Crippen MR) is 152 cm³/mol. The Kier molecular flexibility index (Phi) is 20.5. The minimum absolute atomic E-state index is 1.23. The molecule has 0 atom stereocenters. The zero-order valence-electron chi connectivity index (χ0n) is 23.9. The smallest absolute Gasteiger partial charge is 0.0813 e. The van der Waals surface area contributed by atoms with E-state index in [1.807, 2.05) is 12.2 Å². The van der Waals surface area contributed by atoms with Crippen LogP contribution in [0.25, 0.3) is 0 Å².